The number of methoxy groups -OCH3 is 1. The Bertz CT molecular complexity index is 1600. The fraction of sp³-hybridized carbons (Fsp3) is 0.487. The maximum atomic E-state index is 14.9. The number of carbonyl (C=O) groups is 4. The molecule has 0 saturated carbocycles. The van der Waals surface area contributed by atoms with Gasteiger partial charge < -0.3 is 34.4 Å². The van der Waals surface area contributed by atoms with Crippen molar-refractivity contribution in [2.24, 2.45) is 11.8 Å². The van der Waals surface area contributed by atoms with Gasteiger partial charge in [0.05, 0.1) is 30.6 Å². The highest BCUT2D eigenvalue weighted by atomic mass is 79.9. The molecule has 3 saturated heterocycles. The van der Waals surface area contributed by atoms with Crippen LogP contribution in [0.4, 0.5) is 5.69 Å². The number of aliphatic hydroxyl groups is 1. The smallest absolute Gasteiger partial charge is 0.313 e. The molecule has 3 aliphatic rings. The van der Waals surface area contributed by atoms with Crippen LogP contribution >= 0.6 is 15.9 Å². The van der Waals surface area contributed by atoms with Gasteiger partial charge in [0, 0.05) is 43.7 Å². The molecule has 2 aromatic rings. The number of hydrogen-bond donors (Lipinski definition) is 2. The minimum absolute atomic E-state index is 0.0492. The lowest BCUT2D eigenvalue weighted by Crippen LogP contribution is -2.57. The van der Waals surface area contributed by atoms with Crippen LogP contribution in [0.15, 0.2) is 73.8 Å². The van der Waals surface area contributed by atoms with Crippen molar-refractivity contribution in [2.75, 3.05) is 38.3 Å². The van der Waals surface area contributed by atoms with E-state index in [1.807, 2.05) is 50.2 Å². The number of fused-ring (bicyclic) bond motifs is 1. The SMILES string of the molecule is C=CCCC(=O)N[C@H](COC)[C@H](OC(=O)[C@H]1[C@@H]2O[C@@]3(CC2Br)[C@@H]1C(=O)N(CCCO)[C@@H]3C(=O)N(CC=C)c1c(C)cccc1C)c1ccccc1. The summed E-state index contributed by atoms with van der Waals surface area (Å²) in [7, 11) is 1.50. The lowest BCUT2D eigenvalue weighted by molar-refractivity contribution is -0.163. The summed E-state index contributed by atoms with van der Waals surface area (Å²) in [4.78, 5) is 59.7. The van der Waals surface area contributed by atoms with Gasteiger partial charge in [0.1, 0.15) is 17.7 Å². The zero-order valence-corrected chi connectivity index (χ0v) is 31.0. The first-order valence-corrected chi connectivity index (χ1v) is 18.3. The van der Waals surface area contributed by atoms with E-state index >= 15 is 0 Å². The molecule has 0 aliphatic carbocycles. The largest absolute Gasteiger partial charge is 0.455 e. The van der Waals surface area contributed by atoms with E-state index in [-0.39, 0.29) is 55.8 Å². The van der Waals surface area contributed by atoms with Crippen LogP contribution in [0.2, 0.25) is 0 Å². The summed E-state index contributed by atoms with van der Waals surface area (Å²) in [6, 6.07) is 13.0. The standard InChI is InChI=1S/C39H48BrN3O8/c1-6-8-18-29(45)41-28(23-49-5)33(26-16-10-9-11-17-26)50-38(48)30-31-36(46)43(20-13-21-44)35(39(31)22-27(40)34(30)51-39)37(47)42(19-7-2)32-24(3)14-12-15-25(32)4/h6-7,9-12,14-17,27-28,30-31,33-35,44H,1-2,8,13,18-23H2,3-5H3,(H,41,45)/t27?,28-,30-,31+,33-,34-,35-,39+/m1/s1. The molecule has 3 heterocycles. The molecule has 2 N–H and O–H groups in total. The number of nitrogens with zero attached hydrogens (tertiary/aromatic N) is 2. The lowest BCUT2D eigenvalue weighted by atomic mass is 9.70. The third kappa shape index (κ3) is 7.42. The number of rotatable bonds is 17. The summed E-state index contributed by atoms with van der Waals surface area (Å²) in [6.45, 7) is 11.6. The molecule has 51 heavy (non-hydrogen) atoms. The van der Waals surface area contributed by atoms with Crippen molar-refractivity contribution in [3.05, 3.63) is 90.5 Å². The number of amides is 3. The number of benzene rings is 2. The van der Waals surface area contributed by atoms with Gasteiger partial charge in [0.25, 0.3) is 5.91 Å². The third-order valence-electron chi connectivity index (χ3n) is 10.1. The number of aliphatic hydroxyl groups excluding tert-OH is 1. The van der Waals surface area contributed by atoms with Crippen LogP contribution in [0.5, 0.6) is 0 Å². The van der Waals surface area contributed by atoms with Gasteiger partial charge in [-0.2, -0.15) is 0 Å². The molecule has 0 radical (unpaired) electrons. The third-order valence-corrected chi connectivity index (χ3v) is 11.0. The van der Waals surface area contributed by atoms with E-state index < -0.39 is 53.6 Å². The van der Waals surface area contributed by atoms with E-state index in [2.05, 4.69) is 34.4 Å². The summed E-state index contributed by atoms with van der Waals surface area (Å²) >= 11 is 3.73. The van der Waals surface area contributed by atoms with E-state index in [4.69, 9.17) is 14.2 Å². The van der Waals surface area contributed by atoms with Crippen LogP contribution in [-0.2, 0) is 33.4 Å². The second kappa shape index (κ2) is 16.7. The number of aryl methyl sites for hydroxylation is 2. The molecule has 11 nitrogen and oxygen atoms in total. The average molecular weight is 767 g/mol. The van der Waals surface area contributed by atoms with E-state index in [9.17, 15) is 24.3 Å². The molecule has 3 amide bonds. The topological polar surface area (TPSA) is 135 Å². The predicted octanol–water partition coefficient (Wildman–Crippen LogP) is 4.33. The van der Waals surface area contributed by atoms with Crippen molar-refractivity contribution < 1.29 is 38.5 Å². The number of likely N-dealkylation sites (tertiary alicyclic amines) is 1. The average Bonchev–Trinajstić information content (AvgIpc) is 3.71. The highest BCUT2D eigenvalue weighted by Crippen LogP contribution is 2.60. The molecule has 1 spiro atoms. The molecule has 5 rings (SSSR count). The Morgan fingerprint density at radius 1 is 1.14 bits per heavy atom. The van der Waals surface area contributed by atoms with Crippen LogP contribution in [0.3, 0.4) is 0 Å². The van der Waals surface area contributed by atoms with Crippen molar-refractivity contribution in [3.8, 4) is 0 Å². The highest BCUT2D eigenvalue weighted by molar-refractivity contribution is 9.09. The first kappa shape index (κ1) is 38.4. The molecule has 274 valence electrons. The number of carbonyl (C=O) groups excluding carboxylic acids is 4. The predicted molar refractivity (Wildman–Crippen MR) is 196 cm³/mol. The molecule has 0 aromatic heterocycles. The van der Waals surface area contributed by atoms with Gasteiger partial charge in [-0.3, -0.25) is 19.2 Å². The number of alkyl halides is 1. The van der Waals surface area contributed by atoms with Gasteiger partial charge in [0.15, 0.2) is 0 Å². The minimum atomic E-state index is -1.34. The molecule has 2 bridgehead atoms. The summed E-state index contributed by atoms with van der Waals surface area (Å²) in [5.41, 5.74) is 1.79. The first-order valence-electron chi connectivity index (χ1n) is 17.4. The highest BCUT2D eigenvalue weighted by Gasteiger charge is 2.77. The number of anilines is 1. The molecule has 12 heteroatoms. The molecule has 3 fully saturated rings. The summed E-state index contributed by atoms with van der Waals surface area (Å²) < 4.78 is 18.5. The zero-order chi connectivity index (χ0) is 36.9. The number of nitrogens with one attached hydrogen (secondary N) is 1. The molecular weight excluding hydrogens is 718 g/mol. The number of allylic oxidation sites excluding steroid dienone is 1. The van der Waals surface area contributed by atoms with E-state index in [1.165, 1.54) is 12.0 Å². The Balaban J connectivity index is 1.53. The summed E-state index contributed by atoms with van der Waals surface area (Å²) in [5, 5.41) is 12.8. The Labute approximate surface area is 308 Å². The van der Waals surface area contributed by atoms with E-state index in [0.717, 1.165) is 16.8 Å². The Morgan fingerprint density at radius 2 is 1.84 bits per heavy atom. The number of esters is 1. The number of ether oxygens (including phenoxy) is 3. The minimum Gasteiger partial charge on any atom is -0.455 e. The van der Waals surface area contributed by atoms with Crippen molar-refractivity contribution >= 4 is 45.3 Å². The number of para-hydroxylation sites is 1. The fourth-order valence-electron chi connectivity index (χ4n) is 8.08. The molecular formula is C39H48BrN3O8. The molecule has 2 aromatic carbocycles. The van der Waals surface area contributed by atoms with Crippen molar-refractivity contribution in [1.29, 1.82) is 0 Å². The normalized spacial score (nSPS) is 25.9. The van der Waals surface area contributed by atoms with Crippen LogP contribution < -0.4 is 10.2 Å². The van der Waals surface area contributed by atoms with E-state index in [0.29, 0.717) is 18.4 Å². The van der Waals surface area contributed by atoms with Gasteiger partial charge in [-0.1, -0.05) is 76.6 Å². The second-order valence-electron chi connectivity index (χ2n) is 13.5. The zero-order valence-electron chi connectivity index (χ0n) is 29.5. The molecule has 8 atom stereocenters. The Morgan fingerprint density at radius 3 is 2.47 bits per heavy atom. The van der Waals surface area contributed by atoms with E-state index in [1.54, 1.807) is 29.2 Å². The first-order chi connectivity index (χ1) is 24.5. The lowest BCUT2D eigenvalue weighted by Gasteiger charge is -2.38. The maximum Gasteiger partial charge on any atom is 0.313 e. The van der Waals surface area contributed by atoms with Gasteiger partial charge in [-0.25, -0.2) is 0 Å². The maximum absolute atomic E-state index is 14.9. The monoisotopic (exact) mass is 765 g/mol. The van der Waals surface area contributed by atoms with Gasteiger partial charge in [0.2, 0.25) is 11.8 Å². The molecule has 1 unspecified atom stereocenters. The van der Waals surface area contributed by atoms with Gasteiger partial charge in [-0.15, -0.1) is 13.2 Å². The Kier molecular flexibility index (Phi) is 12.5. The number of hydrogen-bond acceptors (Lipinski definition) is 8. The second-order valence-corrected chi connectivity index (χ2v) is 14.7. The van der Waals surface area contributed by atoms with Crippen molar-refractivity contribution in [2.45, 2.75) is 74.3 Å². The molecule has 3 aliphatic heterocycles. The van der Waals surface area contributed by atoms with Crippen LogP contribution in [0, 0.1) is 25.7 Å². The van der Waals surface area contributed by atoms with Crippen LogP contribution in [-0.4, -0.2) is 95.7 Å². The van der Waals surface area contributed by atoms with Crippen molar-refractivity contribution in [1.82, 2.24) is 10.2 Å². The van der Waals surface area contributed by atoms with Crippen LogP contribution in [0.25, 0.3) is 0 Å². The Hall–Kier alpha value is -3.84. The van der Waals surface area contributed by atoms with Gasteiger partial charge >= 0.3 is 5.97 Å². The summed E-state index contributed by atoms with van der Waals surface area (Å²) in [5.74, 6) is -3.74. The van der Waals surface area contributed by atoms with Gasteiger partial charge in [-0.05, 0) is 49.8 Å². The number of halogens is 1. The summed E-state index contributed by atoms with van der Waals surface area (Å²) in [6.07, 6.45) is 2.81. The van der Waals surface area contributed by atoms with Crippen LogP contribution in [0.1, 0.15) is 48.5 Å². The quantitative estimate of drug-likeness (QED) is 0.138. The van der Waals surface area contributed by atoms with Crippen molar-refractivity contribution in [3.63, 3.8) is 0 Å². The fourth-order valence-corrected chi connectivity index (χ4v) is 9.03.